The minimum absolute atomic E-state index is 0.635. The van der Waals surface area contributed by atoms with Gasteiger partial charge in [0.1, 0.15) is 0 Å². The molecule has 1 N–H and O–H groups in total. The number of hydrogen-bond donors (Lipinski definition) is 1. The van der Waals surface area contributed by atoms with Gasteiger partial charge in [-0.3, -0.25) is 4.68 Å². The van der Waals surface area contributed by atoms with Crippen molar-refractivity contribution in [3.63, 3.8) is 0 Å². The zero-order valence-corrected chi connectivity index (χ0v) is 12.2. The van der Waals surface area contributed by atoms with Crippen molar-refractivity contribution in [3.05, 3.63) is 12.4 Å². The van der Waals surface area contributed by atoms with Gasteiger partial charge in [-0.05, 0) is 25.3 Å². The van der Waals surface area contributed by atoms with E-state index in [9.17, 15) is 0 Å². The lowest BCUT2D eigenvalue weighted by molar-refractivity contribution is 0.285. The molecular formula is C13H24N4S. The van der Waals surface area contributed by atoms with Gasteiger partial charge in [0, 0.05) is 24.5 Å². The van der Waals surface area contributed by atoms with Gasteiger partial charge >= 0.3 is 0 Å². The molecule has 0 saturated carbocycles. The van der Waals surface area contributed by atoms with Crippen LogP contribution in [0.3, 0.4) is 0 Å². The van der Waals surface area contributed by atoms with E-state index in [1.807, 2.05) is 22.6 Å². The van der Waals surface area contributed by atoms with Crippen molar-refractivity contribution in [2.75, 3.05) is 36.5 Å². The molecule has 18 heavy (non-hydrogen) atoms. The molecule has 1 atom stereocenters. The van der Waals surface area contributed by atoms with Gasteiger partial charge in [-0.25, -0.2) is 0 Å². The Kier molecular flexibility index (Phi) is 5.38. The van der Waals surface area contributed by atoms with Crippen molar-refractivity contribution in [2.45, 2.75) is 32.9 Å². The number of likely N-dealkylation sites (N-methyl/N-ethyl adjacent to an activating group) is 1. The third-order valence-electron chi connectivity index (χ3n) is 3.47. The third-order valence-corrected chi connectivity index (χ3v) is 4.64. The molecule has 0 aromatic carbocycles. The van der Waals surface area contributed by atoms with Gasteiger partial charge in [0.2, 0.25) is 0 Å². The van der Waals surface area contributed by atoms with Crippen molar-refractivity contribution in [3.8, 4) is 0 Å². The fourth-order valence-electron chi connectivity index (χ4n) is 2.23. The molecule has 2 rings (SSSR count). The first-order valence-electron chi connectivity index (χ1n) is 6.91. The maximum absolute atomic E-state index is 4.42. The Balaban J connectivity index is 1.78. The highest BCUT2D eigenvalue weighted by atomic mass is 32.2. The quantitative estimate of drug-likeness (QED) is 0.821. The Morgan fingerprint density at radius 1 is 1.50 bits per heavy atom. The number of rotatable bonds is 7. The fourth-order valence-corrected chi connectivity index (χ4v) is 3.38. The SMILES string of the molecule is CCN(CC)CCn1cc(NC2CCSC2)cn1. The van der Waals surface area contributed by atoms with Crippen molar-refractivity contribution < 1.29 is 0 Å². The molecule has 1 aliphatic heterocycles. The molecule has 1 unspecified atom stereocenters. The second-order valence-corrected chi connectivity index (χ2v) is 5.87. The van der Waals surface area contributed by atoms with E-state index in [1.54, 1.807) is 0 Å². The second kappa shape index (κ2) is 7.04. The van der Waals surface area contributed by atoms with E-state index in [4.69, 9.17) is 0 Å². The van der Waals surface area contributed by atoms with Crippen LogP contribution in [0, 0.1) is 0 Å². The van der Waals surface area contributed by atoms with Crippen LogP contribution >= 0.6 is 11.8 Å². The van der Waals surface area contributed by atoms with Gasteiger partial charge in [-0.1, -0.05) is 13.8 Å². The molecule has 1 fully saturated rings. The summed E-state index contributed by atoms with van der Waals surface area (Å²) in [6, 6.07) is 0.635. The van der Waals surface area contributed by atoms with Gasteiger partial charge in [-0.2, -0.15) is 16.9 Å². The lowest BCUT2D eigenvalue weighted by Crippen LogP contribution is -2.27. The highest BCUT2D eigenvalue weighted by Crippen LogP contribution is 2.20. The monoisotopic (exact) mass is 268 g/mol. The topological polar surface area (TPSA) is 33.1 Å². The zero-order valence-electron chi connectivity index (χ0n) is 11.4. The number of nitrogens with one attached hydrogen (secondary N) is 1. The van der Waals surface area contributed by atoms with E-state index >= 15 is 0 Å². The van der Waals surface area contributed by atoms with Crippen molar-refractivity contribution in [1.82, 2.24) is 14.7 Å². The first-order valence-corrected chi connectivity index (χ1v) is 8.06. The Hall–Kier alpha value is -0.680. The molecule has 0 spiro atoms. The number of aromatic nitrogens is 2. The molecule has 1 aromatic heterocycles. The number of hydrogen-bond acceptors (Lipinski definition) is 4. The summed E-state index contributed by atoms with van der Waals surface area (Å²) in [5, 5.41) is 7.98. The largest absolute Gasteiger partial charge is 0.379 e. The van der Waals surface area contributed by atoms with E-state index in [-0.39, 0.29) is 0 Å². The molecule has 0 bridgehead atoms. The van der Waals surface area contributed by atoms with Gasteiger partial charge in [-0.15, -0.1) is 0 Å². The first kappa shape index (κ1) is 13.7. The molecule has 2 heterocycles. The lowest BCUT2D eigenvalue weighted by atomic mass is 10.2. The normalized spacial score (nSPS) is 19.6. The average Bonchev–Trinajstić information content (AvgIpc) is 3.03. The molecule has 1 aromatic rings. The van der Waals surface area contributed by atoms with Gasteiger partial charge in [0.05, 0.1) is 18.4 Å². The third kappa shape index (κ3) is 3.92. The second-order valence-electron chi connectivity index (χ2n) is 4.72. The van der Waals surface area contributed by atoms with E-state index < -0.39 is 0 Å². The van der Waals surface area contributed by atoms with Crippen LogP contribution in [0.4, 0.5) is 5.69 Å². The average molecular weight is 268 g/mol. The van der Waals surface area contributed by atoms with E-state index in [0.29, 0.717) is 6.04 Å². The summed E-state index contributed by atoms with van der Waals surface area (Å²) in [6.07, 6.45) is 5.35. The molecule has 1 saturated heterocycles. The highest BCUT2D eigenvalue weighted by Gasteiger charge is 2.15. The van der Waals surface area contributed by atoms with Crippen LogP contribution in [0.15, 0.2) is 12.4 Å². The highest BCUT2D eigenvalue weighted by molar-refractivity contribution is 7.99. The van der Waals surface area contributed by atoms with Crippen LogP contribution in [0.2, 0.25) is 0 Å². The minimum atomic E-state index is 0.635. The summed E-state index contributed by atoms with van der Waals surface area (Å²) >= 11 is 2.03. The standard InChI is InChI=1S/C13H24N4S/c1-3-16(4-2)6-7-17-10-13(9-14-17)15-12-5-8-18-11-12/h9-10,12,15H,3-8,11H2,1-2H3. The molecule has 1 aliphatic rings. The summed E-state index contributed by atoms with van der Waals surface area (Å²) in [4.78, 5) is 2.42. The van der Waals surface area contributed by atoms with Crippen LogP contribution in [-0.4, -0.2) is 51.9 Å². The van der Waals surface area contributed by atoms with Crippen LogP contribution in [0.1, 0.15) is 20.3 Å². The molecule has 102 valence electrons. The molecule has 5 heteroatoms. The van der Waals surface area contributed by atoms with Crippen LogP contribution in [0.5, 0.6) is 0 Å². The van der Waals surface area contributed by atoms with E-state index in [2.05, 4.69) is 35.4 Å². The molecule has 0 radical (unpaired) electrons. The summed E-state index contributed by atoms with van der Waals surface area (Å²) in [7, 11) is 0. The minimum Gasteiger partial charge on any atom is -0.379 e. The summed E-state index contributed by atoms with van der Waals surface area (Å²) in [5.41, 5.74) is 1.17. The van der Waals surface area contributed by atoms with Crippen LogP contribution < -0.4 is 5.32 Å². The van der Waals surface area contributed by atoms with Crippen molar-refractivity contribution >= 4 is 17.4 Å². The summed E-state index contributed by atoms with van der Waals surface area (Å²) < 4.78 is 2.04. The fraction of sp³-hybridized carbons (Fsp3) is 0.769. The number of anilines is 1. The number of thioether (sulfide) groups is 1. The Bertz CT molecular complexity index is 343. The maximum atomic E-state index is 4.42. The predicted octanol–water partition coefficient (Wildman–Crippen LogP) is 2.14. The van der Waals surface area contributed by atoms with E-state index in [0.717, 1.165) is 26.2 Å². The summed E-state index contributed by atoms with van der Waals surface area (Å²) in [6.45, 7) is 8.69. The number of nitrogens with zero attached hydrogens (tertiary/aromatic N) is 3. The molecular weight excluding hydrogens is 244 g/mol. The summed E-state index contributed by atoms with van der Waals surface area (Å²) in [5.74, 6) is 2.51. The van der Waals surface area contributed by atoms with Crippen LogP contribution in [0.25, 0.3) is 0 Å². The predicted molar refractivity (Wildman–Crippen MR) is 79.4 cm³/mol. The Morgan fingerprint density at radius 3 is 3.00 bits per heavy atom. The smallest absolute Gasteiger partial charge is 0.0728 e. The maximum Gasteiger partial charge on any atom is 0.0728 e. The van der Waals surface area contributed by atoms with Crippen molar-refractivity contribution in [2.24, 2.45) is 0 Å². The Labute approximate surface area is 114 Å². The van der Waals surface area contributed by atoms with Gasteiger partial charge < -0.3 is 10.2 Å². The van der Waals surface area contributed by atoms with Crippen LogP contribution in [-0.2, 0) is 6.54 Å². The van der Waals surface area contributed by atoms with E-state index in [1.165, 1.54) is 23.6 Å². The first-order chi connectivity index (χ1) is 8.81. The lowest BCUT2D eigenvalue weighted by Gasteiger charge is -2.17. The Morgan fingerprint density at radius 2 is 2.33 bits per heavy atom. The van der Waals surface area contributed by atoms with Crippen molar-refractivity contribution in [1.29, 1.82) is 0 Å². The molecule has 0 aliphatic carbocycles. The zero-order chi connectivity index (χ0) is 12.8. The van der Waals surface area contributed by atoms with Gasteiger partial charge in [0.15, 0.2) is 0 Å². The molecule has 4 nitrogen and oxygen atoms in total. The van der Waals surface area contributed by atoms with Gasteiger partial charge in [0.25, 0.3) is 0 Å². The molecule has 0 amide bonds.